The van der Waals surface area contributed by atoms with Crippen LogP contribution in [0.25, 0.3) is 0 Å². The number of aryl methyl sites for hydroxylation is 1. The number of benzene rings is 1. The fourth-order valence-corrected chi connectivity index (χ4v) is 1.60. The molecule has 1 aliphatic rings. The second kappa shape index (κ2) is 4.53. The van der Waals surface area contributed by atoms with E-state index in [-0.39, 0.29) is 24.0 Å². The Kier molecular flexibility index (Phi) is 3.08. The Hall–Kier alpha value is -1.91. The topological polar surface area (TPSA) is 69.4 Å². The molecule has 0 bridgehead atoms. The number of ketones is 1. The van der Waals surface area contributed by atoms with Crippen molar-refractivity contribution >= 4 is 11.5 Å². The summed E-state index contributed by atoms with van der Waals surface area (Å²) < 4.78 is 5.31. The van der Waals surface area contributed by atoms with Gasteiger partial charge < -0.3 is 4.74 Å². The van der Waals surface area contributed by atoms with Gasteiger partial charge in [-0.3, -0.25) is 14.9 Å². The second-order valence-electron chi connectivity index (χ2n) is 4.23. The monoisotopic (exact) mass is 235 g/mol. The van der Waals surface area contributed by atoms with Crippen molar-refractivity contribution in [1.29, 1.82) is 0 Å². The number of carbonyl (C=O) groups is 1. The minimum Gasteiger partial charge on any atom is -0.486 e. The molecule has 0 saturated heterocycles. The molecule has 5 heteroatoms. The molecule has 0 unspecified atom stereocenters. The lowest BCUT2D eigenvalue weighted by molar-refractivity contribution is -0.385. The number of nitro groups is 1. The lowest BCUT2D eigenvalue weighted by Gasteiger charge is -2.05. The highest BCUT2D eigenvalue weighted by Crippen LogP contribution is 2.30. The van der Waals surface area contributed by atoms with E-state index in [0.717, 1.165) is 12.8 Å². The van der Waals surface area contributed by atoms with E-state index in [4.69, 9.17) is 4.74 Å². The molecule has 1 fully saturated rings. The number of nitro benzene ring substituents is 1. The van der Waals surface area contributed by atoms with Crippen molar-refractivity contribution in [2.75, 3.05) is 6.61 Å². The van der Waals surface area contributed by atoms with Gasteiger partial charge in [0.1, 0.15) is 12.4 Å². The Morgan fingerprint density at radius 1 is 1.53 bits per heavy atom. The smallest absolute Gasteiger partial charge is 0.272 e. The largest absolute Gasteiger partial charge is 0.486 e. The van der Waals surface area contributed by atoms with Crippen LogP contribution in [0.15, 0.2) is 18.2 Å². The number of nitrogens with zero attached hydrogens (tertiary/aromatic N) is 1. The van der Waals surface area contributed by atoms with Crippen LogP contribution in [0.2, 0.25) is 0 Å². The van der Waals surface area contributed by atoms with Gasteiger partial charge in [-0.2, -0.15) is 0 Å². The van der Waals surface area contributed by atoms with Gasteiger partial charge in [0.2, 0.25) is 0 Å². The maximum Gasteiger partial charge on any atom is 0.272 e. The van der Waals surface area contributed by atoms with Crippen LogP contribution in [-0.2, 0) is 4.79 Å². The van der Waals surface area contributed by atoms with Crippen LogP contribution in [0.4, 0.5) is 5.69 Å². The van der Waals surface area contributed by atoms with Gasteiger partial charge in [0.25, 0.3) is 5.69 Å². The molecule has 0 N–H and O–H groups in total. The van der Waals surface area contributed by atoms with Crippen molar-refractivity contribution in [3.8, 4) is 5.75 Å². The molecule has 0 amide bonds. The average Bonchev–Trinajstić information content (AvgIpc) is 3.09. The molecule has 90 valence electrons. The predicted octanol–water partition coefficient (Wildman–Crippen LogP) is 2.26. The van der Waals surface area contributed by atoms with Crippen LogP contribution in [0.1, 0.15) is 18.4 Å². The Labute approximate surface area is 98.5 Å². The van der Waals surface area contributed by atoms with Crippen LogP contribution >= 0.6 is 0 Å². The summed E-state index contributed by atoms with van der Waals surface area (Å²) in [4.78, 5) is 21.6. The van der Waals surface area contributed by atoms with Gasteiger partial charge in [-0.1, -0.05) is 0 Å². The molecule has 0 atom stereocenters. The molecule has 0 heterocycles. The maximum atomic E-state index is 11.4. The molecule has 1 saturated carbocycles. The molecule has 5 nitrogen and oxygen atoms in total. The van der Waals surface area contributed by atoms with E-state index in [1.165, 1.54) is 12.1 Å². The van der Waals surface area contributed by atoms with Crippen LogP contribution in [0.5, 0.6) is 5.75 Å². The van der Waals surface area contributed by atoms with Crippen molar-refractivity contribution in [3.63, 3.8) is 0 Å². The number of rotatable bonds is 5. The third-order valence-electron chi connectivity index (χ3n) is 2.78. The van der Waals surface area contributed by atoms with Crippen LogP contribution < -0.4 is 4.74 Å². The lowest BCUT2D eigenvalue weighted by Crippen LogP contribution is -2.12. The summed E-state index contributed by atoms with van der Waals surface area (Å²) in [7, 11) is 0. The van der Waals surface area contributed by atoms with E-state index in [9.17, 15) is 14.9 Å². The first-order valence-corrected chi connectivity index (χ1v) is 5.48. The normalized spacial score (nSPS) is 14.4. The molecule has 1 aromatic rings. The van der Waals surface area contributed by atoms with Crippen LogP contribution in [0.3, 0.4) is 0 Å². The van der Waals surface area contributed by atoms with E-state index in [2.05, 4.69) is 0 Å². The number of ether oxygens (including phenoxy) is 1. The highest BCUT2D eigenvalue weighted by atomic mass is 16.6. The summed E-state index contributed by atoms with van der Waals surface area (Å²) in [6.07, 6.45) is 1.92. The number of Topliss-reactive ketones (excluding diaryl/α,β-unsaturated/α-hetero) is 1. The molecule has 0 radical (unpaired) electrons. The Morgan fingerprint density at radius 3 is 2.76 bits per heavy atom. The van der Waals surface area contributed by atoms with Crippen molar-refractivity contribution in [2.45, 2.75) is 19.8 Å². The van der Waals surface area contributed by atoms with E-state index in [1.54, 1.807) is 13.0 Å². The second-order valence-corrected chi connectivity index (χ2v) is 4.23. The first-order chi connectivity index (χ1) is 8.08. The Balaban J connectivity index is 1.99. The van der Waals surface area contributed by atoms with Gasteiger partial charge in [0.05, 0.1) is 4.92 Å². The highest BCUT2D eigenvalue weighted by Gasteiger charge is 2.29. The fourth-order valence-electron chi connectivity index (χ4n) is 1.60. The number of hydrogen-bond donors (Lipinski definition) is 0. The third kappa shape index (κ3) is 2.81. The summed E-state index contributed by atoms with van der Waals surface area (Å²) in [5.41, 5.74) is 0.595. The molecule has 0 spiro atoms. The zero-order valence-electron chi connectivity index (χ0n) is 9.51. The molecular weight excluding hydrogens is 222 g/mol. The lowest BCUT2D eigenvalue weighted by atomic mass is 10.2. The Bertz CT molecular complexity index is 466. The molecule has 2 rings (SSSR count). The summed E-state index contributed by atoms with van der Waals surface area (Å²) in [5, 5.41) is 10.6. The van der Waals surface area contributed by atoms with Gasteiger partial charge in [-0.15, -0.1) is 0 Å². The van der Waals surface area contributed by atoms with Crippen LogP contribution in [0, 0.1) is 23.0 Å². The molecule has 1 aromatic carbocycles. The number of carbonyl (C=O) groups excluding carboxylic acids is 1. The van der Waals surface area contributed by atoms with E-state index in [1.807, 2.05) is 0 Å². The van der Waals surface area contributed by atoms with Crippen molar-refractivity contribution in [3.05, 3.63) is 33.9 Å². The van der Waals surface area contributed by atoms with E-state index >= 15 is 0 Å². The predicted molar refractivity (Wildman–Crippen MR) is 61.1 cm³/mol. The fraction of sp³-hybridized carbons (Fsp3) is 0.417. The minimum atomic E-state index is -0.436. The van der Waals surface area contributed by atoms with E-state index in [0.29, 0.717) is 11.3 Å². The molecule has 0 aromatic heterocycles. The third-order valence-corrected chi connectivity index (χ3v) is 2.78. The van der Waals surface area contributed by atoms with Crippen LogP contribution in [-0.4, -0.2) is 17.3 Å². The zero-order valence-corrected chi connectivity index (χ0v) is 9.51. The highest BCUT2D eigenvalue weighted by molar-refractivity contribution is 5.84. The minimum absolute atomic E-state index is 0.0575. The summed E-state index contributed by atoms with van der Waals surface area (Å²) in [5.74, 6) is 0.789. The maximum absolute atomic E-state index is 11.4. The van der Waals surface area contributed by atoms with Crippen molar-refractivity contribution in [2.24, 2.45) is 5.92 Å². The molecular formula is C12H13NO4. The quantitative estimate of drug-likeness (QED) is 0.579. The summed E-state index contributed by atoms with van der Waals surface area (Å²) in [6, 6.07) is 4.50. The first-order valence-electron chi connectivity index (χ1n) is 5.48. The molecule has 17 heavy (non-hydrogen) atoms. The van der Waals surface area contributed by atoms with Gasteiger partial charge in [0, 0.05) is 17.5 Å². The Morgan fingerprint density at radius 2 is 2.24 bits per heavy atom. The average molecular weight is 235 g/mol. The first kappa shape index (κ1) is 11.6. The molecule has 1 aliphatic carbocycles. The van der Waals surface area contributed by atoms with Gasteiger partial charge >= 0.3 is 0 Å². The van der Waals surface area contributed by atoms with E-state index < -0.39 is 4.92 Å². The van der Waals surface area contributed by atoms with Crippen molar-refractivity contribution < 1.29 is 14.5 Å². The summed E-state index contributed by atoms with van der Waals surface area (Å²) in [6.45, 7) is 1.70. The zero-order chi connectivity index (χ0) is 12.4. The van der Waals surface area contributed by atoms with Gasteiger partial charge in [-0.25, -0.2) is 0 Å². The molecule has 0 aliphatic heterocycles. The summed E-state index contributed by atoms with van der Waals surface area (Å²) >= 11 is 0. The SMILES string of the molecule is Cc1cc(OCC(=O)C2CC2)ccc1[N+](=O)[O-]. The van der Waals surface area contributed by atoms with Crippen molar-refractivity contribution in [1.82, 2.24) is 0 Å². The standard InChI is InChI=1S/C12H13NO4/c1-8-6-10(4-5-11(8)13(15)16)17-7-12(14)9-2-3-9/h4-6,9H,2-3,7H2,1H3. The van der Waals surface area contributed by atoms with Gasteiger partial charge in [-0.05, 0) is 31.9 Å². The number of hydrogen-bond acceptors (Lipinski definition) is 4. The van der Waals surface area contributed by atoms with Gasteiger partial charge in [0.15, 0.2) is 5.78 Å².